The largest absolute Gasteiger partial charge is 0.345 e. The Labute approximate surface area is 87.7 Å². The van der Waals surface area contributed by atoms with Crippen LogP contribution in [-0.4, -0.2) is 20.1 Å². The van der Waals surface area contributed by atoms with E-state index in [1.165, 1.54) is 15.6 Å². The number of aryl methyl sites for hydroxylation is 1. The summed E-state index contributed by atoms with van der Waals surface area (Å²) in [7, 11) is 1.63. The van der Waals surface area contributed by atoms with Gasteiger partial charge in [-0.05, 0) is 12.8 Å². The summed E-state index contributed by atoms with van der Waals surface area (Å²) in [6, 6.07) is 0. The molecule has 1 heterocycles. The van der Waals surface area contributed by atoms with Gasteiger partial charge in [-0.15, -0.1) is 0 Å². The number of rotatable bonds is 3. The lowest BCUT2D eigenvalue weighted by Crippen LogP contribution is -2.28. The number of Topliss-reactive ketones (excluding diaryl/α,β-unsaturated/α-hetero) is 1. The van der Waals surface area contributed by atoms with Gasteiger partial charge in [0.1, 0.15) is 12.9 Å². The average molecular weight is 209 g/mol. The van der Waals surface area contributed by atoms with Gasteiger partial charge < -0.3 is 0 Å². The molecule has 0 atom stereocenters. The predicted molar refractivity (Wildman–Crippen MR) is 54.4 cm³/mol. The first-order valence-electron chi connectivity index (χ1n) is 5.29. The highest BCUT2D eigenvalue weighted by Crippen LogP contribution is 2.25. The Hall–Kier alpha value is -1.39. The lowest BCUT2D eigenvalue weighted by atomic mass is 10.0. The number of hydrogen-bond donors (Lipinski definition) is 0. The average Bonchev–Trinajstić information content (AvgIpc) is 2.83. The second-order valence-electron chi connectivity index (χ2n) is 4.13. The summed E-state index contributed by atoms with van der Waals surface area (Å²) in [6.07, 6.45) is 5.64. The van der Waals surface area contributed by atoms with Gasteiger partial charge in [0.05, 0.1) is 0 Å². The molecule has 0 amide bonds. The lowest BCUT2D eigenvalue weighted by molar-refractivity contribution is -0.123. The topological polar surface area (TPSA) is 56.9 Å². The highest BCUT2D eigenvalue weighted by Gasteiger charge is 2.23. The van der Waals surface area contributed by atoms with Gasteiger partial charge in [-0.1, -0.05) is 12.8 Å². The number of hydrogen-bond acceptors (Lipinski definition) is 3. The van der Waals surface area contributed by atoms with E-state index in [4.69, 9.17) is 0 Å². The zero-order chi connectivity index (χ0) is 10.8. The van der Waals surface area contributed by atoms with E-state index in [1.54, 1.807) is 7.05 Å². The van der Waals surface area contributed by atoms with Crippen molar-refractivity contribution < 1.29 is 4.79 Å². The van der Waals surface area contributed by atoms with E-state index in [-0.39, 0.29) is 23.9 Å². The Kier molecular flexibility index (Phi) is 2.70. The van der Waals surface area contributed by atoms with Crippen molar-refractivity contribution >= 4 is 5.78 Å². The van der Waals surface area contributed by atoms with E-state index in [0.717, 1.165) is 25.7 Å². The molecule has 0 bridgehead atoms. The maximum absolute atomic E-state index is 11.8. The van der Waals surface area contributed by atoms with Crippen molar-refractivity contribution in [3.05, 3.63) is 16.8 Å². The first kappa shape index (κ1) is 10.1. The highest BCUT2D eigenvalue weighted by atomic mass is 16.2. The van der Waals surface area contributed by atoms with E-state index >= 15 is 0 Å². The Morgan fingerprint density at radius 1 is 1.53 bits per heavy atom. The Bertz CT molecular complexity index is 413. The molecule has 5 nitrogen and oxygen atoms in total. The van der Waals surface area contributed by atoms with Crippen LogP contribution in [0.25, 0.3) is 0 Å². The Balaban J connectivity index is 2.05. The van der Waals surface area contributed by atoms with Gasteiger partial charge in [-0.25, -0.2) is 9.48 Å². The minimum Gasteiger partial charge on any atom is -0.297 e. The van der Waals surface area contributed by atoms with Crippen molar-refractivity contribution in [2.24, 2.45) is 13.0 Å². The van der Waals surface area contributed by atoms with E-state index in [2.05, 4.69) is 5.10 Å². The van der Waals surface area contributed by atoms with Gasteiger partial charge in [0.15, 0.2) is 5.78 Å². The summed E-state index contributed by atoms with van der Waals surface area (Å²) in [5, 5.41) is 3.87. The van der Waals surface area contributed by atoms with Crippen LogP contribution in [0.2, 0.25) is 0 Å². The monoisotopic (exact) mass is 209 g/mol. The zero-order valence-corrected chi connectivity index (χ0v) is 8.85. The molecule has 0 spiro atoms. The number of ketones is 1. The third-order valence-corrected chi connectivity index (χ3v) is 3.00. The van der Waals surface area contributed by atoms with Crippen LogP contribution in [0.1, 0.15) is 25.7 Å². The molecule has 15 heavy (non-hydrogen) atoms. The molecule has 0 aliphatic heterocycles. The molecule has 5 heteroatoms. The van der Waals surface area contributed by atoms with Crippen LogP contribution >= 0.6 is 0 Å². The van der Waals surface area contributed by atoms with Gasteiger partial charge in [0.25, 0.3) is 0 Å². The molecule has 0 radical (unpaired) electrons. The van der Waals surface area contributed by atoms with Crippen LogP contribution in [0.15, 0.2) is 11.1 Å². The quantitative estimate of drug-likeness (QED) is 0.721. The molecule has 1 fully saturated rings. The lowest BCUT2D eigenvalue weighted by Gasteiger charge is -2.06. The van der Waals surface area contributed by atoms with Crippen molar-refractivity contribution in [1.29, 1.82) is 0 Å². The van der Waals surface area contributed by atoms with Crippen LogP contribution in [0.5, 0.6) is 0 Å². The fourth-order valence-electron chi connectivity index (χ4n) is 2.05. The molecule has 0 N–H and O–H groups in total. The third-order valence-electron chi connectivity index (χ3n) is 3.00. The molecule has 0 aromatic carbocycles. The maximum Gasteiger partial charge on any atom is 0.345 e. The molecule has 82 valence electrons. The summed E-state index contributed by atoms with van der Waals surface area (Å²) >= 11 is 0. The number of carbonyl (C=O) groups excluding carboxylic acids is 1. The van der Waals surface area contributed by atoms with Crippen molar-refractivity contribution in [2.75, 3.05) is 0 Å². The summed E-state index contributed by atoms with van der Waals surface area (Å²) in [6.45, 7) is 0.129. The maximum atomic E-state index is 11.8. The van der Waals surface area contributed by atoms with Crippen molar-refractivity contribution in [1.82, 2.24) is 14.3 Å². The second kappa shape index (κ2) is 4.00. The number of carbonyl (C=O) groups is 1. The molecule has 1 saturated carbocycles. The van der Waals surface area contributed by atoms with Crippen LogP contribution < -0.4 is 5.69 Å². The van der Waals surface area contributed by atoms with E-state index in [1.807, 2.05) is 0 Å². The normalized spacial score (nSPS) is 17.1. The molecule has 0 unspecified atom stereocenters. The van der Waals surface area contributed by atoms with Gasteiger partial charge in [0.2, 0.25) is 0 Å². The standard InChI is InChI=1S/C10H15N3O2/c1-12-7-11-13(10(12)15)6-9(14)8-4-2-3-5-8/h7-8H,2-6H2,1H3. The summed E-state index contributed by atoms with van der Waals surface area (Å²) in [5.74, 6) is 0.298. The Morgan fingerprint density at radius 2 is 2.20 bits per heavy atom. The molecule has 0 saturated heterocycles. The van der Waals surface area contributed by atoms with Crippen molar-refractivity contribution in [3.63, 3.8) is 0 Å². The molecular formula is C10H15N3O2. The molecule has 1 aliphatic carbocycles. The fraction of sp³-hybridized carbons (Fsp3) is 0.700. The number of aromatic nitrogens is 3. The van der Waals surface area contributed by atoms with Crippen LogP contribution in [0.3, 0.4) is 0 Å². The van der Waals surface area contributed by atoms with Gasteiger partial charge in [-0.2, -0.15) is 5.10 Å². The smallest absolute Gasteiger partial charge is 0.297 e. The molecule has 1 aliphatic rings. The van der Waals surface area contributed by atoms with E-state index in [9.17, 15) is 9.59 Å². The van der Waals surface area contributed by atoms with Crippen molar-refractivity contribution in [3.8, 4) is 0 Å². The first-order valence-corrected chi connectivity index (χ1v) is 5.29. The van der Waals surface area contributed by atoms with Crippen LogP contribution in [-0.2, 0) is 18.4 Å². The predicted octanol–water partition coefficient (Wildman–Crippen LogP) is 0.341. The van der Waals surface area contributed by atoms with Crippen LogP contribution in [0.4, 0.5) is 0 Å². The molecular weight excluding hydrogens is 194 g/mol. The van der Waals surface area contributed by atoms with Crippen molar-refractivity contribution in [2.45, 2.75) is 32.2 Å². The molecule has 2 rings (SSSR count). The number of nitrogens with zero attached hydrogens (tertiary/aromatic N) is 3. The third kappa shape index (κ3) is 2.00. The molecule has 1 aromatic heterocycles. The minimum absolute atomic E-state index is 0.129. The second-order valence-corrected chi connectivity index (χ2v) is 4.13. The van der Waals surface area contributed by atoms with E-state index < -0.39 is 0 Å². The van der Waals surface area contributed by atoms with Gasteiger partial charge in [0, 0.05) is 13.0 Å². The summed E-state index contributed by atoms with van der Waals surface area (Å²) < 4.78 is 2.61. The minimum atomic E-state index is -0.221. The van der Waals surface area contributed by atoms with Crippen LogP contribution in [0, 0.1) is 5.92 Å². The molecule has 1 aromatic rings. The first-order chi connectivity index (χ1) is 7.18. The summed E-state index contributed by atoms with van der Waals surface area (Å²) in [4.78, 5) is 23.2. The fourth-order valence-corrected chi connectivity index (χ4v) is 2.05. The van der Waals surface area contributed by atoms with Gasteiger partial charge >= 0.3 is 5.69 Å². The zero-order valence-electron chi connectivity index (χ0n) is 8.85. The SMILES string of the molecule is Cn1cnn(CC(=O)C2CCCC2)c1=O. The summed E-state index contributed by atoms with van der Waals surface area (Å²) in [5.41, 5.74) is -0.221. The Morgan fingerprint density at radius 3 is 2.73 bits per heavy atom. The van der Waals surface area contributed by atoms with E-state index in [0.29, 0.717) is 0 Å². The van der Waals surface area contributed by atoms with Gasteiger partial charge in [-0.3, -0.25) is 9.36 Å². The highest BCUT2D eigenvalue weighted by molar-refractivity contribution is 5.80.